The maximum absolute atomic E-state index is 12.1. The molecule has 0 aliphatic carbocycles. The van der Waals surface area contributed by atoms with Crippen LogP contribution in [-0.4, -0.2) is 58.4 Å². The Kier molecular flexibility index (Phi) is 10.4. The number of esters is 1. The van der Waals surface area contributed by atoms with E-state index in [-0.39, 0.29) is 13.0 Å². The van der Waals surface area contributed by atoms with Crippen molar-refractivity contribution in [3.05, 3.63) is 29.8 Å². The van der Waals surface area contributed by atoms with Gasteiger partial charge >= 0.3 is 13.0 Å². The number of ether oxygens (including phenoxy) is 2. The fourth-order valence-electron chi connectivity index (χ4n) is 2.55. The number of methoxy groups -OCH3 is 2. The first-order chi connectivity index (χ1) is 11.7. The maximum atomic E-state index is 12.1. The summed E-state index contributed by atoms with van der Waals surface area (Å²) in [5, 5.41) is 0. The second-order valence-corrected chi connectivity index (χ2v) is 5.68. The van der Waals surface area contributed by atoms with E-state index in [1.807, 2.05) is 18.2 Å². The molecule has 0 aliphatic heterocycles. The van der Waals surface area contributed by atoms with Crippen LogP contribution < -0.4 is 5.46 Å². The molecule has 134 valence electrons. The van der Waals surface area contributed by atoms with E-state index in [1.54, 1.807) is 13.2 Å². The highest BCUT2D eigenvalue weighted by Gasteiger charge is 2.31. The summed E-state index contributed by atoms with van der Waals surface area (Å²) >= 11 is 0. The molecule has 0 fully saturated rings. The molecule has 1 aromatic carbocycles. The number of hydrogen-bond donors (Lipinski definition) is 0. The number of rotatable bonds is 12. The molecule has 0 saturated heterocycles. The molecule has 0 saturated carbocycles. The van der Waals surface area contributed by atoms with Gasteiger partial charge in [0.25, 0.3) is 0 Å². The third-order valence-corrected chi connectivity index (χ3v) is 3.83. The van der Waals surface area contributed by atoms with Crippen LogP contribution in [0, 0.1) is 0 Å². The lowest BCUT2D eigenvalue weighted by Gasteiger charge is -2.29. The van der Waals surface area contributed by atoms with Crippen molar-refractivity contribution in [3.8, 4) is 0 Å². The number of carbonyl (C=O) groups excluding carboxylic acids is 1. The SMILES string of the molecule is CCCCN(CCOC)B(OCCC)c1ccccc1C(=O)OC. The fourth-order valence-corrected chi connectivity index (χ4v) is 2.55. The minimum atomic E-state index is -0.335. The third-order valence-electron chi connectivity index (χ3n) is 3.83. The van der Waals surface area contributed by atoms with Crippen LogP contribution in [0.4, 0.5) is 0 Å². The molecule has 0 aromatic heterocycles. The molecular weight excluding hydrogens is 305 g/mol. The summed E-state index contributed by atoms with van der Waals surface area (Å²) in [5.74, 6) is -0.335. The van der Waals surface area contributed by atoms with Gasteiger partial charge in [0.1, 0.15) is 0 Å². The number of carbonyl (C=O) groups is 1. The van der Waals surface area contributed by atoms with Gasteiger partial charge in [0, 0.05) is 20.3 Å². The quantitative estimate of drug-likeness (QED) is 0.433. The van der Waals surface area contributed by atoms with E-state index in [1.165, 1.54) is 7.11 Å². The van der Waals surface area contributed by atoms with Gasteiger partial charge in [0.05, 0.1) is 19.3 Å². The molecule has 1 aromatic rings. The summed E-state index contributed by atoms with van der Waals surface area (Å²) in [6.07, 6.45) is 3.08. The molecule has 0 aliphatic rings. The lowest BCUT2D eigenvalue weighted by atomic mass is 9.68. The normalized spacial score (nSPS) is 10.9. The molecule has 1 rings (SSSR count). The zero-order chi connectivity index (χ0) is 17.8. The molecule has 0 spiro atoms. The minimum Gasteiger partial charge on any atom is -0.465 e. The smallest absolute Gasteiger partial charge is 0.419 e. The summed E-state index contributed by atoms with van der Waals surface area (Å²) < 4.78 is 16.3. The van der Waals surface area contributed by atoms with Gasteiger partial charge in [0.15, 0.2) is 0 Å². The van der Waals surface area contributed by atoms with Crippen LogP contribution in [-0.2, 0) is 14.1 Å². The van der Waals surface area contributed by atoms with Crippen LogP contribution in [0.15, 0.2) is 24.3 Å². The number of benzene rings is 1. The Morgan fingerprint density at radius 3 is 2.46 bits per heavy atom. The first-order valence-corrected chi connectivity index (χ1v) is 8.71. The van der Waals surface area contributed by atoms with Gasteiger partial charge in [-0.3, -0.25) is 0 Å². The van der Waals surface area contributed by atoms with E-state index >= 15 is 0 Å². The Labute approximate surface area is 146 Å². The van der Waals surface area contributed by atoms with Crippen LogP contribution in [0.25, 0.3) is 0 Å². The lowest BCUT2D eigenvalue weighted by molar-refractivity contribution is 0.0601. The van der Waals surface area contributed by atoms with Crippen molar-refractivity contribution in [1.82, 2.24) is 4.81 Å². The van der Waals surface area contributed by atoms with E-state index < -0.39 is 0 Å². The van der Waals surface area contributed by atoms with E-state index in [0.717, 1.165) is 37.8 Å². The van der Waals surface area contributed by atoms with Gasteiger partial charge in [0.2, 0.25) is 0 Å². The van der Waals surface area contributed by atoms with Crippen LogP contribution >= 0.6 is 0 Å². The Balaban J connectivity index is 3.15. The van der Waals surface area contributed by atoms with Crippen molar-refractivity contribution < 1.29 is 18.9 Å². The Morgan fingerprint density at radius 1 is 1.08 bits per heavy atom. The first kappa shape index (κ1) is 20.7. The second kappa shape index (κ2) is 12.1. The van der Waals surface area contributed by atoms with Crippen molar-refractivity contribution in [3.63, 3.8) is 0 Å². The third kappa shape index (κ3) is 6.26. The van der Waals surface area contributed by atoms with Gasteiger partial charge in [-0.15, -0.1) is 0 Å². The summed E-state index contributed by atoms with van der Waals surface area (Å²) in [6, 6.07) is 7.51. The van der Waals surface area contributed by atoms with Gasteiger partial charge in [-0.05, 0) is 30.9 Å². The molecule has 0 unspecified atom stereocenters. The topological polar surface area (TPSA) is 48.0 Å². The Morgan fingerprint density at radius 2 is 1.83 bits per heavy atom. The van der Waals surface area contributed by atoms with Crippen molar-refractivity contribution in [2.24, 2.45) is 0 Å². The van der Waals surface area contributed by atoms with Crippen molar-refractivity contribution in [2.75, 3.05) is 40.5 Å². The fraction of sp³-hybridized carbons (Fsp3) is 0.611. The average Bonchev–Trinajstić information content (AvgIpc) is 2.63. The molecule has 6 heteroatoms. The minimum absolute atomic E-state index is 0.276. The van der Waals surface area contributed by atoms with Crippen LogP contribution in [0.2, 0.25) is 0 Å². The standard InChI is InChI=1S/C18H30BNO4/c1-5-7-12-20(13-15-22-3)19(24-14-6-2)17-11-9-8-10-16(17)18(21)23-4/h8-11H,5-7,12-15H2,1-4H3. The van der Waals surface area contributed by atoms with Crippen LogP contribution in [0.3, 0.4) is 0 Å². The maximum Gasteiger partial charge on any atom is 0.419 e. The highest BCUT2D eigenvalue weighted by Crippen LogP contribution is 2.08. The Hall–Kier alpha value is -1.37. The molecule has 0 heterocycles. The summed E-state index contributed by atoms with van der Waals surface area (Å²) in [5.41, 5.74) is 1.41. The highest BCUT2D eigenvalue weighted by molar-refractivity contribution is 6.66. The van der Waals surface area contributed by atoms with Gasteiger partial charge in [-0.25, -0.2) is 4.79 Å². The van der Waals surface area contributed by atoms with E-state index in [4.69, 9.17) is 14.1 Å². The number of hydrogen-bond acceptors (Lipinski definition) is 5. The Bertz CT molecular complexity index is 476. The molecular formula is C18H30BNO4. The molecule has 0 atom stereocenters. The molecule has 0 radical (unpaired) electrons. The first-order valence-electron chi connectivity index (χ1n) is 8.71. The van der Waals surface area contributed by atoms with Crippen molar-refractivity contribution in [1.29, 1.82) is 0 Å². The van der Waals surface area contributed by atoms with Gasteiger partial charge in [-0.1, -0.05) is 38.5 Å². The second-order valence-electron chi connectivity index (χ2n) is 5.68. The molecule has 24 heavy (non-hydrogen) atoms. The summed E-state index contributed by atoms with van der Waals surface area (Å²) in [6.45, 7) is 7.14. The van der Waals surface area contributed by atoms with E-state index in [2.05, 4.69) is 18.7 Å². The largest absolute Gasteiger partial charge is 0.465 e. The van der Waals surface area contributed by atoms with Gasteiger partial charge < -0.3 is 18.9 Å². The molecule has 0 amide bonds. The number of nitrogens with zero attached hydrogens (tertiary/aromatic N) is 1. The predicted octanol–water partition coefficient (Wildman–Crippen LogP) is 2.34. The predicted molar refractivity (Wildman–Crippen MR) is 97.8 cm³/mol. The van der Waals surface area contributed by atoms with Crippen molar-refractivity contribution >= 4 is 18.5 Å². The van der Waals surface area contributed by atoms with Crippen LogP contribution in [0.1, 0.15) is 43.5 Å². The summed E-state index contributed by atoms with van der Waals surface area (Å²) in [4.78, 5) is 14.4. The van der Waals surface area contributed by atoms with E-state index in [0.29, 0.717) is 18.8 Å². The van der Waals surface area contributed by atoms with E-state index in [9.17, 15) is 4.79 Å². The summed E-state index contributed by atoms with van der Waals surface area (Å²) in [7, 11) is 2.82. The monoisotopic (exact) mass is 335 g/mol. The molecule has 0 N–H and O–H groups in total. The highest BCUT2D eigenvalue weighted by atomic mass is 16.5. The van der Waals surface area contributed by atoms with Gasteiger partial charge in [-0.2, -0.15) is 0 Å². The molecule has 5 nitrogen and oxygen atoms in total. The zero-order valence-corrected chi connectivity index (χ0v) is 15.4. The van der Waals surface area contributed by atoms with Crippen molar-refractivity contribution in [2.45, 2.75) is 33.1 Å². The number of unbranched alkanes of at least 4 members (excludes halogenated alkanes) is 1. The van der Waals surface area contributed by atoms with Crippen LogP contribution in [0.5, 0.6) is 0 Å². The lowest BCUT2D eigenvalue weighted by Crippen LogP contribution is -2.53. The zero-order valence-electron chi connectivity index (χ0n) is 15.4. The molecule has 0 bridgehead atoms. The average molecular weight is 335 g/mol.